The Hall–Kier alpha value is -2.92. The van der Waals surface area contributed by atoms with Crippen molar-refractivity contribution >= 4 is 5.91 Å². The molecule has 1 amide bonds. The number of amides is 1. The van der Waals surface area contributed by atoms with Crippen LogP contribution in [-0.4, -0.2) is 33.7 Å². The minimum Gasteiger partial charge on any atom is -0.348 e. The third-order valence-electron chi connectivity index (χ3n) is 5.84. The predicted octanol–water partition coefficient (Wildman–Crippen LogP) is 4.09. The molecule has 5 heteroatoms. The molecule has 3 aromatic rings. The molecule has 5 nitrogen and oxygen atoms in total. The highest BCUT2D eigenvalue weighted by atomic mass is 16.1. The summed E-state index contributed by atoms with van der Waals surface area (Å²) in [5.41, 5.74) is 4.19. The second-order valence-corrected chi connectivity index (χ2v) is 8.37. The second kappa shape index (κ2) is 9.72. The summed E-state index contributed by atoms with van der Waals surface area (Å²) in [6.07, 6.45) is 6.02. The Bertz CT molecular complexity index is 941. The molecule has 1 aliphatic heterocycles. The molecule has 0 spiro atoms. The minimum atomic E-state index is -0.0965. The number of piperidine rings is 1. The van der Waals surface area contributed by atoms with E-state index in [2.05, 4.69) is 58.6 Å². The Kier molecular flexibility index (Phi) is 6.60. The largest absolute Gasteiger partial charge is 0.348 e. The van der Waals surface area contributed by atoms with Crippen LogP contribution in [0.3, 0.4) is 0 Å². The molecule has 2 aromatic carbocycles. The molecule has 156 valence electrons. The second-order valence-electron chi connectivity index (χ2n) is 8.37. The van der Waals surface area contributed by atoms with Crippen molar-refractivity contribution in [1.82, 2.24) is 20.0 Å². The van der Waals surface area contributed by atoms with Gasteiger partial charge in [0.15, 0.2) is 0 Å². The average Bonchev–Trinajstić information content (AvgIpc) is 3.24. The maximum Gasteiger partial charge on any atom is 0.254 e. The third kappa shape index (κ3) is 5.57. The van der Waals surface area contributed by atoms with Crippen LogP contribution in [0.2, 0.25) is 0 Å². The highest BCUT2D eigenvalue weighted by Crippen LogP contribution is 2.18. The van der Waals surface area contributed by atoms with Crippen LogP contribution in [0, 0.1) is 5.92 Å². The zero-order valence-electron chi connectivity index (χ0n) is 17.6. The molecule has 1 fully saturated rings. The van der Waals surface area contributed by atoms with Gasteiger partial charge < -0.3 is 5.32 Å². The van der Waals surface area contributed by atoms with E-state index in [0.717, 1.165) is 23.6 Å². The SMILES string of the molecule is CC1CCN(Cc2ccc(CNC(=O)c3cnn(Cc4ccccc4)c3)cc2)CC1. The number of nitrogens with zero attached hydrogens (tertiary/aromatic N) is 3. The average molecular weight is 403 g/mol. The predicted molar refractivity (Wildman–Crippen MR) is 119 cm³/mol. The molecular formula is C25H30N4O. The molecule has 1 aromatic heterocycles. The Morgan fingerprint density at radius 3 is 2.37 bits per heavy atom. The van der Waals surface area contributed by atoms with Crippen molar-refractivity contribution in [3.63, 3.8) is 0 Å². The smallest absolute Gasteiger partial charge is 0.254 e. The van der Waals surface area contributed by atoms with Gasteiger partial charge in [-0.2, -0.15) is 5.10 Å². The van der Waals surface area contributed by atoms with Crippen molar-refractivity contribution < 1.29 is 4.79 Å². The number of benzene rings is 2. The van der Waals surface area contributed by atoms with Crippen molar-refractivity contribution in [1.29, 1.82) is 0 Å². The van der Waals surface area contributed by atoms with E-state index in [0.29, 0.717) is 18.7 Å². The fourth-order valence-corrected chi connectivity index (χ4v) is 3.86. The molecule has 1 N–H and O–H groups in total. The molecule has 0 radical (unpaired) electrons. The molecule has 0 aliphatic carbocycles. The highest BCUT2D eigenvalue weighted by molar-refractivity contribution is 5.93. The van der Waals surface area contributed by atoms with Crippen LogP contribution in [-0.2, 0) is 19.6 Å². The number of hydrogen-bond acceptors (Lipinski definition) is 3. The summed E-state index contributed by atoms with van der Waals surface area (Å²) in [4.78, 5) is 15.0. The Labute approximate surface area is 178 Å². The minimum absolute atomic E-state index is 0.0965. The van der Waals surface area contributed by atoms with Crippen LogP contribution in [0.25, 0.3) is 0 Å². The van der Waals surface area contributed by atoms with Gasteiger partial charge in [-0.1, -0.05) is 61.5 Å². The van der Waals surface area contributed by atoms with E-state index >= 15 is 0 Å². The molecule has 4 rings (SSSR count). The molecule has 1 saturated heterocycles. The number of likely N-dealkylation sites (tertiary alicyclic amines) is 1. The van der Waals surface area contributed by atoms with Crippen molar-refractivity contribution in [2.24, 2.45) is 5.92 Å². The van der Waals surface area contributed by atoms with Gasteiger partial charge in [0.25, 0.3) is 5.91 Å². The maximum absolute atomic E-state index is 12.5. The number of aromatic nitrogens is 2. The summed E-state index contributed by atoms with van der Waals surface area (Å²) < 4.78 is 1.79. The van der Waals surface area contributed by atoms with Crippen molar-refractivity contribution in [3.05, 3.63) is 89.2 Å². The molecule has 0 atom stereocenters. The Balaban J connectivity index is 1.26. The first-order valence-electron chi connectivity index (χ1n) is 10.8. The monoisotopic (exact) mass is 402 g/mol. The van der Waals surface area contributed by atoms with Gasteiger partial charge in [-0.3, -0.25) is 14.4 Å². The first-order valence-corrected chi connectivity index (χ1v) is 10.8. The van der Waals surface area contributed by atoms with Crippen LogP contribution in [0.4, 0.5) is 0 Å². The summed E-state index contributed by atoms with van der Waals surface area (Å²) in [6, 6.07) is 18.7. The van der Waals surface area contributed by atoms with Gasteiger partial charge in [-0.25, -0.2) is 0 Å². The van der Waals surface area contributed by atoms with Gasteiger partial charge in [-0.05, 0) is 48.5 Å². The lowest BCUT2D eigenvalue weighted by molar-refractivity contribution is 0.0951. The number of hydrogen-bond donors (Lipinski definition) is 1. The van der Waals surface area contributed by atoms with Crippen LogP contribution >= 0.6 is 0 Å². The van der Waals surface area contributed by atoms with Gasteiger partial charge in [0.05, 0.1) is 18.3 Å². The maximum atomic E-state index is 12.5. The molecular weight excluding hydrogens is 372 g/mol. The fraction of sp³-hybridized carbons (Fsp3) is 0.360. The number of carbonyl (C=O) groups is 1. The van der Waals surface area contributed by atoms with Gasteiger partial charge in [0.2, 0.25) is 0 Å². The Morgan fingerprint density at radius 2 is 1.63 bits per heavy atom. The topological polar surface area (TPSA) is 50.2 Å². The molecule has 30 heavy (non-hydrogen) atoms. The molecule has 0 saturated carbocycles. The van der Waals surface area contributed by atoms with Crippen LogP contribution in [0.1, 0.15) is 46.8 Å². The van der Waals surface area contributed by atoms with E-state index in [4.69, 9.17) is 0 Å². The van der Waals surface area contributed by atoms with E-state index in [1.165, 1.54) is 31.5 Å². The van der Waals surface area contributed by atoms with Crippen LogP contribution in [0.15, 0.2) is 67.0 Å². The normalized spacial score (nSPS) is 15.2. The fourth-order valence-electron chi connectivity index (χ4n) is 3.86. The standard InChI is InChI=1S/C25H30N4O/c1-20-11-13-28(14-12-20)17-23-9-7-21(8-10-23)15-26-25(30)24-16-27-29(19-24)18-22-5-3-2-4-6-22/h2-10,16,19-20H,11-15,17-18H2,1H3,(H,26,30). The number of rotatable bonds is 7. The quantitative estimate of drug-likeness (QED) is 0.647. The van der Waals surface area contributed by atoms with Gasteiger partial charge in [-0.15, -0.1) is 0 Å². The van der Waals surface area contributed by atoms with E-state index in [9.17, 15) is 4.79 Å². The number of carbonyl (C=O) groups excluding carboxylic acids is 1. The zero-order valence-corrected chi connectivity index (χ0v) is 17.6. The highest BCUT2D eigenvalue weighted by Gasteiger charge is 2.15. The van der Waals surface area contributed by atoms with Crippen molar-refractivity contribution in [3.8, 4) is 0 Å². The lowest BCUT2D eigenvalue weighted by atomic mass is 9.99. The lowest BCUT2D eigenvalue weighted by Gasteiger charge is -2.30. The van der Waals surface area contributed by atoms with Crippen molar-refractivity contribution in [2.45, 2.75) is 39.4 Å². The zero-order chi connectivity index (χ0) is 20.8. The lowest BCUT2D eigenvalue weighted by Crippen LogP contribution is -2.32. The van der Waals surface area contributed by atoms with Crippen LogP contribution < -0.4 is 5.32 Å². The van der Waals surface area contributed by atoms with E-state index in [1.807, 2.05) is 18.2 Å². The third-order valence-corrected chi connectivity index (χ3v) is 5.84. The number of nitrogens with one attached hydrogen (secondary N) is 1. The van der Waals surface area contributed by atoms with Gasteiger partial charge >= 0.3 is 0 Å². The summed E-state index contributed by atoms with van der Waals surface area (Å²) >= 11 is 0. The van der Waals surface area contributed by atoms with Crippen LogP contribution in [0.5, 0.6) is 0 Å². The summed E-state index contributed by atoms with van der Waals surface area (Å²) in [6.45, 7) is 6.91. The van der Waals surface area contributed by atoms with Crippen molar-refractivity contribution in [2.75, 3.05) is 13.1 Å². The first-order chi connectivity index (χ1) is 14.7. The summed E-state index contributed by atoms with van der Waals surface area (Å²) in [5.74, 6) is 0.763. The van der Waals surface area contributed by atoms with E-state index in [-0.39, 0.29) is 5.91 Å². The molecule has 2 heterocycles. The first kappa shape index (κ1) is 20.4. The molecule has 1 aliphatic rings. The van der Waals surface area contributed by atoms with Gasteiger partial charge in [0, 0.05) is 19.3 Å². The van der Waals surface area contributed by atoms with Gasteiger partial charge in [0.1, 0.15) is 0 Å². The van der Waals surface area contributed by atoms with E-state index < -0.39 is 0 Å². The molecule has 0 bridgehead atoms. The Morgan fingerprint density at radius 1 is 0.967 bits per heavy atom. The summed E-state index contributed by atoms with van der Waals surface area (Å²) in [7, 11) is 0. The summed E-state index contributed by atoms with van der Waals surface area (Å²) in [5, 5.41) is 7.31. The van der Waals surface area contributed by atoms with E-state index in [1.54, 1.807) is 17.1 Å². The molecule has 0 unspecified atom stereocenters.